The molecule has 1 saturated heterocycles. The van der Waals surface area contributed by atoms with Crippen LogP contribution in [-0.2, 0) is 6.54 Å². The van der Waals surface area contributed by atoms with Crippen molar-refractivity contribution in [2.75, 3.05) is 32.7 Å². The molecule has 23 heavy (non-hydrogen) atoms. The number of hydrogen-bond acceptors (Lipinski definition) is 3. The van der Waals surface area contributed by atoms with Crippen LogP contribution in [0.1, 0.15) is 30.4 Å². The molecule has 0 spiro atoms. The van der Waals surface area contributed by atoms with E-state index in [1.807, 2.05) is 18.5 Å². The number of nitrogens with zero attached hydrogens (tertiary/aromatic N) is 3. The third-order valence-corrected chi connectivity index (χ3v) is 4.71. The molecule has 3 rings (SSSR count). The molecular formula is C20H27N3. The summed E-state index contributed by atoms with van der Waals surface area (Å²) in [6.45, 7) is 9.23. The highest BCUT2D eigenvalue weighted by atomic mass is 15.2. The van der Waals surface area contributed by atoms with Crippen LogP contribution in [0.25, 0.3) is 0 Å². The zero-order valence-electron chi connectivity index (χ0n) is 14.1. The highest BCUT2D eigenvalue weighted by molar-refractivity contribution is 5.19. The number of pyridine rings is 1. The second-order valence-corrected chi connectivity index (χ2v) is 6.60. The van der Waals surface area contributed by atoms with Gasteiger partial charge in [0.2, 0.25) is 0 Å². The zero-order valence-corrected chi connectivity index (χ0v) is 14.1. The molecule has 0 N–H and O–H groups in total. The van der Waals surface area contributed by atoms with Gasteiger partial charge in [0, 0.05) is 38.6 Å². The first kappa shape index (κ1) is 16.2. The first-order valence-electron chi connectivity index (χ1n) is 8.70. The number of benzene rings is 1. The van der Waals surface area contributed by atoms with Crippen LogP contribution in [-0.4, -0.2) is 47.5 Å². The van der Waals surface area contributed by atoms with E-state index in [2.05, 4.69) is 58.1 Å². The van der Waals surface area contributed by atoms with Crippen LogP contribution >= 0.6 is 0 Å². The average Bonchev–Trinajstić information content (AvgIpc) is 2.82. The minimum atomic E-state index is 0.598. The topological polar surface area (TPSA) is 19.4 Å². The van der Waals surface area contributed by atoms with E-state index in [1.165, 1.54) is 30.6 Å². The molecule has 0 radical (unpaired) electrons. The third-order valence-electron chi connectivity index (χ3n) is 4.71. The van der Waals surface area contributed by atoms with E-state index >= 15 is 0 Å². The minimum absolute atomic E-state index is 0.598. The monoisotopic (exact) mass is 309 g/mol. The van der Waals surface area contributed by atoms with Crippen LogP contribution in [0.2, 0.25) is 0 Å². The van der Waals surface area contributed by atoms with Gasteiger partial charge in [-0.1, -0.05) is 43.3 Å². The van der Waals surface area contributed by atoms with Gasteiger partial charge in [0.25, 0.3) is 0 Å². The lowest BCUT2D eigenvalue weighted by atomic mass is 10.0. The fourth-order valence-electron chi connectivity index (χ4n) is 3.39. The van der Waals surface area contributed by atoms with Crippen LogP contribution in [0.3, 0.4) is 0 Å². The van der Waals surface area contributed by atoms with Crippen molar-refractivity contribution in [3.63, 3.8) is 0 Å². The molecule has 1 aromatic heterocycles. The van der Waals surface area contributed by atoms with Gasteiger partial charge < -0.3 is 4.90 Å². The average molecular weight is 309 g/mol. The highest BCUT2D eigenvalue weighted by Gasteiger charge is 2.17. The Morgan fingerprint density at radius 2 is 1.74 bits per heavy atom. The quantitative estimate of drug-likeness (QED) is 0.844. The summed E-state index contributed by atoms with van der Waals surface area (Å²) < 4.78 is 0. The molecule has 1 aromatic carbocycles. The lowest BCUT2D eigenvalue weighted by molar-refractivity contribution is 0.245. The molecule has 3 heteroatoms. The minimum Gasteiger partial charge on any atom is -0.301 e. The first-order chi connectivity index (χ1) is 11.3. The third kappa shape index (κ3) is 4.88. The van der Waals surface area contributed by atoms with Crippen LogP contribution in [0.4, 0.5) is 0 Å². The molecule has 0 bridgehead atoms. The lowest BCUT2D eigenvalue weighted by Gasteiger charge is -2.25. The zero-order chi connectivity index (χ0) is 15.9. The van der Waals surface area contributed by atoms with Crippen LogP contribution in [0, 0.1) is 0 Å². The molecule has 1 unspecified atom stereocenters. The smallest absolute Gasteiger partial charge is 0.0312 e. The summed E-state index contributed by atoms with van der Waals surface area (Å²) in [4.78, 5) is 9.41. The second-order valence-electron chi connectivity index (χ2n) is 6.60. The highest BCUT2D eigenvalue weighted by Crippen LogP contribution is 2.17. The van der Waals surface area contributed by atoms with Crippen molar-refractivity contribution in [1.29, 1.82) is 0 Å². The Hall–Kier alpha value is -1.71. The van der Waals surface area contributed by atoms with E-state index in [1.54, 1.807) is 0 Å². The molecule has 1 aliphatic heterocycles. The predicted octanol–water partition coefficient (Wildman–Crippen LogP) is 3.39. The van der Waals surface area contributed by atoms with Gasteiger partial charge in [-0.25, -0.2) is 0 Å². The molecule has 2 aromatic rings. The van der Waals surface area contributed by atoms with Gasteiger partial charge in [0.05, 0.1) is 0 Å². The van der Waals surface area contributed by atoms with Crippen LogP contribution in [0.5, 0.6) is 0 Å². The standard InChI is InChI=1S/C20H27N3/c1-18(20-8-3-2-4-9-20)16-22-11-6-12-23(14-13-22)17-19-7-5-10-21-15-19/h2-5,7-10,15,18H,6,11-14,16-17H2,1H3. The molecular weight excluding hydrogens is 282 g/mol. The van der Waals surface area contributed by atoms with Gasteiger partial charge in [-0.3, -0.25) is 9.88 Å². The molecule has 3 nitrogen and oxygen atoms in total. The first-order valence-corrected chi connectivity index (χ1v) is 8.70. The Bertz CT molecular complexity index is 570. The summed E-state index contributed by atoms with van der Waals surface area (Å²) in [6.07, 6.45) is 5.08. The summed E-state index contributed by atoms with van der Waals surface area (Å²) in [7, 11) is 0. The van der Waals surface area contributed by atoms with Gasteiger partial charge in [0.15, 0.2) is 0 Å². The molecule has 1 atom stereocenters. The number of hydrogen-bond donors (Lipinski definition) is 0. The van der Waals surface area contributed by atoms with Gasteiger partial charge in [-0.15, -0.1) is 0 Å². The van der Waals surface area contributed by atoms with E-state index in [0.717, 1.165) is 26.2 Å². The van der Waals surface area contributed by atoms with E-state index in [0.29, 0.717) is 5.92 Å². The van der Waals surface area contributed by atoms with E-state index in [4.69, 9.17) is 0 Å². The Morgan fingerprint density at radius 3 is 2.52 bits per heavy atom. The van der Waals surface area contributed by atoms with Crippen LogP contribution < -0.4 is 0 Å². The summed E-state index contributed by atoms with van der Waals surface area (Å²) in [6, 6.07) is 15.1. The fraction of sp³-hybridized carbons (Fsp3) is 0.450. The number of aromatic nitrogens is 1. The fourth-order valence-corrected chi connectivity index (χ4v) is 3.39. The van der Waals surface area contributed by atoms with Crippen molar-refractivity contribution in [3.05, 3.63) is 66.0 Å². The maximum atomic E-state index is 4.22. The van der Waals surface area contributed by atoms with E-state index in [-0.39, 0.29) is 0 Å². The molecule has 122 valence electrons. The predicted molar refractivity (Wildman–Crippen MR) is 95.4 cm³/mol. The van der Waals surface area contributed by atoms with Crippen molar-refractivity contribution in [2.45, 2.75) is 25.8 Å². The molecule has 0 saturated carbocycles. The van der Waals surface area contributed by atoms with Gasteiger partial charge in [0.1, 0.15) is 0 Å². The summed E-state index contributed by atoms with van der Waals surface area (Å²) in [5.41, 5.74) is 2.77. The number of rotatable bonds is 5. The molecule has 1 fully saturated rings. The Labute approximate surface area is 140 Å². The Balaban J connectivity index is 1.50. The molecule has 0 aliphatic carbocycles. The molecule has 2 heterocycles. The van der Waals surface area contributed by atoms with Crippen LogP contribution in [0.15, 0.2) is 54.9 Å². The van der Waals surface area contributed by atoms with Gasteiger partial charge >= 0.3 is 0 Å². The second kappa shape index (κ2) is 8.23. The Morgan fingerprint density at radius 1 is 0.957 bits per heavy atom. The molecule has 0 amide bonds. The van der Waals surface area contributed by atoms with Gasteiger partial charge in [-0.05, 0) is 42.6 Å². The Kier molecular flexibility index (Phi) is 5.78. The van der Waals surface area contributed by atoms with Crippen molar-refractivity contribution in [1.82, 2.24) is 14.8 Å². The van der Waals surface area contributed by atoms with E-state index in [9.17, 15) is 0 Å². The maximum Gasteiger partial charge on any atom is 0.0312 e. The maximum absolute atomic E-state index is 4.22. The summed E-state index contributed by atoms with van der Waals surface area (Å²) >= 11 is 0. The lowest BCUT2D eigenvalue weighted by Crippen LogP contribution is -2.32. The summed E-state index contributed by atoms with van der Waals surface area (Å²) in [5.74, 6) is 0.598. The van der Waals surface area contributed by atoms with Crippen molar-refractivity contribution in [3.8, 4) is 0 Å². The molecule has 1 aliphatic rings. The van der Waals surface area contributed by atoms with Crippen molar-refractivity contribution < 1.29 is 0 Å². The van der Waals surface area contributed by atoms with Crippen molar-refractivity contribution in [2.24, 2.45) is 0 Å². The van der Waals surface area contributed by atoms with Gasteiger partial charge in [-0.2, -0.15) is 0 Å². The van der Waals surface area contributed by atoms with E-state index < -0.39 is 0 Å². The SMILES string of the molecule is CC(CN1CCCN(Cc2cccnc2)CC1)c1ccccc1. The van der Waals surface area contributed by atoms with Crippen molar-refractivity contribution >= 4 is 0 Å². The largest absolute Gasteiger partial charge is 0.301 e. The summed E-state index contributed by atoms with van der Waals surface area (Å²) in [5, 5.41) is 0. The normalized spacial score (nSPS) is 18.5.